The zero-order valence-corrected chi connectivity index (χ0v) is 14.3. The van der Waals surface area contributed by atoms with E-state index < -0.39 is 0 Å². The van der Waals surface area contributed by atoms with Crippen molar-refractivity contribution in [2.45, 2.75) is 45.4 Å². The second-order valence-corrected chi connectivity index (χ2v) is 7.62. The van der Waals surface area contributed by atoms with E-state index in [2.05, 4.69) is 28.9 Å². The summed E-state index contributed by atoms with van der Waals surface area (Å²) in [6.07, 6.45) is 10.7. The molecule has 3 saturated carbocycles. The summed E-state index contributed by atoms with van der Waals surface area (Å²) < 4.78 is 0. The molecule has 0 aromatic rings. The highest BCUT2D eigenvalue weighted by Crippen LogP contribution is 2.54. The van der Waals surface area contributed by atoms with E-state index in [1.165, 1.54) is 18.4 Å². The van der Waals surface area contributed by atoms with E-state index in [9.17, 15) is 9.90 Å². The fourth-order valence-corrected chi connectivity index (χ4v) is 5.21. The number of fused-ring (bicyclic) bond motifs is 3. The van der Waals surface area contributed by atoms with E-state index in [0.29, 0.717) is 46.5 Å². The first kappa shape index (κ1) is 15.3. The summed E-state index contributed by atoms with van der Waals surface area (Å²) in [6.45, 7) is 2.31. The fraction of sp³-hybridized carbons (Fsp3) is 0.722. The Balaban J connectivity index is 1.84. The van der Waals surface area contributed by atoms with E-state index in [-0.39, 0.29) is 0 Å². The van der Waals surface area contributed by atoms with Gasteiger partial charge < -0.3 is 5.11 Å². The molecule has 2 nitrogen and oxygen atoms in total. The average Bonchev–Trinajstić information content (AvgIpc) is 2.87. The smallest absolute Gasteiger partial charge is 0.136 e. The van der Waals surface area contributed by atoms with Gasteiger partial charge in [0.25, 0.3) is 0 Å². The number of hydrogen-bond donors (Lipinski definition) is 1. The van der Waals surface area contributed by atoms with Crippen molar-refractivity contribution in [3.63, 3.8) is 0 Å². The van der Waals surface area contributed by atoms with Crippen molar-refractivity contribution in [2.24, 2.45) is 29.6 Å². The van der Waals surface area contributed by atoms with Crippen molar-refractivity contribution in [1.29, 1.82) is 0 Å². The molecule has 21 heavy (non-hydrogen) atoms. The van der Waals surface area contributed by atoms with Gasteiger partial charge in [0.2, 0.25) is 0 Å². The predicted octanol–water partition coefficient (Wildman–Crippen LogP) is 4.80. The molecule has 0 radical (unpaired) electrons. The van der Waals surface area contributed by atoms with Crippen LogP contribution in [0.2, 0.25) is 0 Å². The molecular formula is C18H25BrO2. The number of alkyl halides is 1. The summed E-state index contributed by atoms with van der Waals surface area (Å²) in [5.74, 6) is 3.88. The summed E-state index contributed by atoms with van der Waals surface area (Å²) in [7, 11) is 0. The lowest BCUT2D eigenvalue weighted by Crippen LogP contribution is -2.38. The van der Waals surface area contributed by atoms with Crippen molar-refractivity contribution in [3.05, 3.63) is 23.5 Å². The van der Waals surface area contributed by atoms with Crippen LogP contribution in [0.4, 0.5) is 0 Å². The van der Waals surface area contributed by atoms with E-state index in [1.807, 2.05) is 6.08 Å². The summed E-state index contributed by atoms with van der Waals surface area (Å²) in [5, 5.41) is 10.2. The molecule has 0 saturated heterocycles. The Kier molecular flexibility index (Phi) is 4.58. The molecule has 116 valence electrons. The average molecular weight is 353 g/mol. The van der Waals surface area contributed by atoms with Crippen LogP contribution < -0.4 is 0 Å². The number of carbonyl (C=O) groups excluding carboxylic acids is 1. The highest BCUT2D eigenvalue weighted by Gasteiger charge is 2.48. The monoisotopic (exact) mass is 352 g/mol. The first-order valence-corrected chi connectivity index (χ1v) is 9.42. The van der Waals surface area contributed by atoms with Gasteiger partial charge >= 0.3 is 0 Å². The van der Waals surface area contributed by atoms with Crippen LogP contribution in [-0.2, 0) is 4.79 Å². The molecule has 0 aromatic heterocycles. The molecule has 5 unspecified atom stereocenters. The predicted molar refractivity (Wildman–Crippen MR) is 88.4 cm³/mol. The third kappa shape index (κ3) is 2.86. The maximum atomic E-state index is 12.0. The van der Waals surface area contributed by atoms with Crippen molar-refractivity contribution < 1.29 is 9.90 Å². The van der Waals surface area contributed by atoms with Gasteiger partial charge in [-0.25, -0.2) is 0 Å². The lowest BCUT2D eigenvalue weighted by atomic mass is 9.58. The van der Waals surface area contributed by atoms with Gasteiger partial charge in [-0.2, -0.15) is 0 Å². The van der Waals surface area contributed by atoms with Crippen molar-refractivity contribution >= 4 is 21.7 Å². The Labute approximate surface area is 135 Å². The Morgan fingerprint density at radius 3 is 2.67 bits per heavy atom. The number of rotatable bonds is 2. The molecule has 3 fully saturated rings. The van der Waals surface area contributed by atoms with Gasteiger partial charge in [-0.3, -0.25) is 4.79 Å². The molecular weight excluding hydrogens is 328 g/mol. The molecule has 5 atom stereocenters. The summed E-state index contributed by atoms with van der Waals surface area (Å²) >= 11 is 3.28. The van der Waals surface area contributed by atoms with E-state index in [0.717, 1.165) is 25.7 Å². The van der Waals surface area contributed by atoms with Gasteiger partial charge in [-0.1, -0.05) is 34.5 Å². The number of hydrogen-bond acceptors (Lipinski definition) is 2. The first-order chi connectivity index (χ1) is 10.1. The van der Waals surface area contributed by atoms with Crippen LogP contribution in [0.5, 0.6) is 0 Å². The summed E-state index contributed by atoms with van der Waals surface area (Å²) in [4.78, 5) is 12.0. The molecule has 0 bridgehead atoms. The Hall–Kier alpha value is -0.570. The van der Waals surface area contributed by atoms with Crippen LogP contribution in [0.25, 0.3) is 0 Å². The van der Waals surface area contributed by atoms with Gasteiger partial charge in [0.1, 0.15) is 11.5 Å². The molecule has 3 aliphatic carbocycles. The van der Waals surface area contributed by atoms with Crippen molar-refractivity contribution in [3.8, 4) is 0 Å². The van der Waals surface area contributed by atoms with Crippen LogP contribution in [-0.4, -0.2) is 16.2 Å². The highest BCUT2D eigenvalue weighted by molar-refractivity contribution is 9.09. The Morgan fingerprint density at radius 2 is 1.90 bits per heavy atom. The number of ketones is 1. The van der Waals surface area contributed by atoms with Gasteiger partial charge in [-0.05, 0) is 61.9 Å². The second kappa shape index (κ2) is 6.28. The molecule has 0 aromatic carbocycles. The third-order valence-corrected chi connectivity index (χ3v) is 6.62. The van der Waals surface area contributed by atoms with Crippen molar-refractivity contribution in [1.82, 2.24) is 0 Å². The Bertz CT molecular complexity index is 480. The molecule has 3 heteroatoms. The van der Waals surface area contributed by atoms with Gasteiger partial charge in [0.05, 0.1) is 5.33 Å². The quantitative estimate of drug-likeness (QED) is 0.572. The molecule has 0 aliphatic heterocycles. The van der Waals surface area contributed by atoms with Crippen LogP contribution in [0.15, 0.2) is 23.5 Å². The lowest BCUT2D eigenvalue weighted by molar-refractivity contribution is -0.122. The fourth-order valence-electron chi connectivity index (χ4n) is 5.02. The molecule has 0 heterocycles. The number of aliphatic hydroxyl groups is 1. The zero-order chi connectivity index (χ0) is 15.0. The van der Waals surface area contributed by atoms with Crippen LogP contribution in [0.3, 0.4) is 0 Å². The minimum atomic E-state index is 0.368. The lowest BCUT2D eigenvalue weighted by Gasteiger charge is -2.46. The maximum Gasteiger partial charge on any atom is 0.136 e. The standard InChI is InChI=1S/C18H25BrO2/c1-11-2-4-15-14(13(11)5-3-12(20)10-19)6-7-17-16(15)8-9-18(17)21/h3,5,11,14-17,20H,2,4,6-10H2,1H3/b12-3+,13-5+. The van der Waals surface area contributed by atoms with Gasteiger partial charge in [0, 0.05) is 12.3 Å². The van der Waals surface area contributed by atoms with E-state index in [4.69, 9.17) is 0 Å². The third-order valence-electron chi connectivity index (χ3n) is 6.05. The van der Waals surface area contributed by atoms with Crippen molar-refractivity contribution in [2.75, 3.05) is 5.33 Å². The SMILES string of the molecule is CC1CCC2C(CCC3C(=O)CCC32)/C1=C/C=C(/O)CBr. The maximum absolute atomic E-state index is 12.0. The van der Waals surface area contributed by atoms with E-state index in [1.54, 1.807) is 0 Å². The molecule has 3 rings (SSSR count). The minimum Gasteiger partial charge on any atom is -0.511 e. The number of halogens is 1. The van der Waals surface area contributed by atoms with Crippen LogP contribution in [0.1, 0.15) is 45.4 Å². The molecule has 0 spiro atoms. The summed E-state index contributed by atoms with van der Waals surface area (Å²) in [6, 6.07) is 0. The van der Waals surface area contributed by atoms with Gasteiger partial charge in [0.15, 0.2) is 0 Å². The normalized spacial score (nSPS) is 42.0. The number of carbonyl (C=O) groups is 1. The van der Waals surface area contributed by atoms with E-state index >= 15 is 0 Å². The van der Waals surface area contributed by atoms with Gasteiger partial charge in [-0.15, -0.1) is 0 Å². The molecule has 1 N–H and O–H groups in total. The zero-order valence-electron chi connectivity index (χ0n) is 12.7. The minimum absolute atomic E-state index is 0.368. The van der Waals surface area contributed by atoms with Crippen LogP contribution >= 0.6 is 15.9 Å². The van der Waals surface area contributed by atoms with Crippen LogP contribution in [0, 0.1) is 29.6 Å². The largest absolute Gasteiger partial charge is 0.511 e. The topological polar surface area (TPSA) is 37.3 Å². The molecule has 0 amide bonds. The summed E-state index contributed by atoms with van der Waals surface area (Å²) in [5.41, 5.74) is 1.51. The highest BCUT2D eigenvalue weighted by atomic mass is 79.9. The Morgan fingerprint density at radius 1 is 1.19 bits per heavy atom. The molecule has 3 aliphatic rings. The number of aliphatic hydroxyl groups excluding tert-OH is 1. The first-order valence-electron chi connectivity index (χ1n) is 8.30. The second-order valence-electron chi connectivity index (χ2n) is 7.06. The number of Topliss-reactive ketones (excluding diaryl/α,β-unsaturated/α-hetero) is 1. The number of allylic oxidation sites excluding steroid dienone is 4.